The number of anilines is 1. The topological polar surface area (TPSA) is 51.2 Å². The number of thiazole rings is 1. The first-order chi connectivity index (χ1) is 11.3. The summed E-state index contributed by atoms with van der Waals surface area (Å²) < 4.78 is 5.33. The third-order valence-electron chi connectivity index (χ3n) is 3.38. The largest absolute Gasteiger partial charge is 0.367 e. The molecular formula is C18H16N2O2S. The Bertz CT molecular complexity index is 772. The van der Waals surface area contributed by atoms with Crippen LogP contribution >= 0.6 is 11.3 Å². The quantitative estimate of drug-likeness (QED) is 0.767. The van der Waals surface area contributed by atoms with E-state index >= 15 is 0 Å². The van der Waals surface area contributed by atoms with Crippen LogP contribution in [0, 0.1) is 0 Å². The summed E-state index contributed by atoms with van der Waals surface area (Å²) in [5.74, 6) is -0.229. The first-order valence-corrected chi connectivity index (χ1v) is 8.05. The smallest absolute Gasteiger partial charge is 0.259 e. The molecule has 0 bridgehead atoms. The number of carbonyl (C=O) groups is 1. The summed E-state index contributed by atoms with van der Waals surface area (Å²) in [4.78, 5) is 16.9. The normalized spacial score (nSPS) is 11.9. The van der Waals surface area contributed by atoms with Crippen LogP contribution in [0.15, 0.2) is 66.0 Å². The molecule has 1 atom stereocenters. The molecular weight excluding hydrogens is 308 g/mol. The SMILES string of the molecule is COC(C(=O)Nc1nc(-c2ccccc2)cs1)c1ccccc1. The lowest BCUT2D eigenvalue weighted by atomic mass is 10.1. The number of methoxy groups -OCH3 is 1. The van der Waals surface area contributed by atoms with E-state index in [2.05, 4.69) is 10.3 Å². The highest BCUT2D eigenvalue weighted by Crippen LogP contribution is 2.26. The summed E-state index contributed by atoms with van der Waals surface area (Å²) in [6.45, 7) is 0. The van der Waals surface area contributed by atoms with E-state index in [1.165, 1.54) is 18.4 Å². The highest BCUT2D eigenvalue weighted by molar-refractivity contribution is 7.14. The Labute approximate surface area is 138 Å². The molecule has 1 amide bonds. The average Bonchev–Trinajstić information content (AvgIpc) is 3.06. The van der Waals surface area contributed by atoms with Gasteiger partial charge in [0, 0.05) is 18.1 Å². The molecule has 0 radical (unpaired) electrons. The Hall–Kier alpha value is -2.50. The monoisotopic (exact) mass is 324 g/mol. The molecule has 0 saturated heterocycles. The van der Waals surface area contributed by atoms with E-state index in [9.17, 15) is 4.79 Å². The molecule has 3 aromatic rings. The van der Waals surface area contributed by atoms with Gasteiger partial charge < -0.3 is 4.74 Å². The first kappa shape index (κ1) is 15.4. The molecule has 4 nitrogen and oxygen atoms in total. The molecule has 0 spiro atoms. The maximum Gasteiger partial charge on any atom is 0.259 e. The number of amides is 1. The van der Waals surface area contributed by atoms with E-state index in [1.807, 2.05) is 66.0 Å². The van der Waals surface area contributed by atoms with Gasteiger partial charge >= 0.3 is 0 Å². The predicted molar refractivity (Wildman–Crippen MR) is 92.4 cm³/mol. The van der Waals surface area contributed by atoms with Gasteiger partial charge in [0.2, 0.25) is 0 Å². The molecule has 2 aromatic carbocycles. The molecule has 0 aliphatic rings. The second-order valence-corrected chi connectivity index (χ2v) is 5.78. The maximum atomic E-state index is 12.4. The molecule has 1 unspecified atom stereocenters. The van der Waals surface area contributed by atoms with Gasteiger partial charge in [-0.3, -0.25) is 10.1 Å². The van der Waals surface area contributed by atoms with Crippen molar-refractivity contribution >= 4 is 22.4 Å². The van der Waals surface area contributed by atoms with E-state index in [0.717, 1.165) is 16.8 Å². The highest BCUT2D eigenvalue weighted by atomic mass is 32.1. The minimum Gasteiger partial charge on any atom is -0.367 e. The summed E-state index contributed by atoms with van der Waals surface area (Å²) in [5, 5.41) is 5.31. The van der Waals surface area contributed by atoms with Crippen LogP contribution in [0.3, 0.4) is 0 Å². The number of benzene rings is 2. The summed E-state index contributed by atoms with van der Waals surface area (Å²) in [5.41, 5.74) is 2.68. The highest BCUT2D eigenvalue weighted by Gasteiger charge is 2.21. The van der Waals surface area contributed by atoms with Gasteiger partial charge in [-0.05, 0) is 5.56 Å². The Morgan fingerprint density at radius 2 is 1.74 bits per heavy atom. The average molecular weight is 324 g/mol. The molecule has 116 valence electrons. The van der Waals surface area contributed by atoms with Crippen LogP contribution in [0.2, 0.25) is 0 Å². The zero-order valence-corrected chi connectivity index (χ0v) is 13.4. The third-order valence-corrected chi connectivity index (χ3v) is 4.14. The van der Waals surface area contributed by atoms with Crippen molar-refractivity contribution in [3.05, 3.63) is 71.6 Å². The molecule has 0 aliphatic heterocycles. The van der Waals surface area contributed by atoms with Crippen molar-refractivity contribution in [2.45, 2.75) is 6.10 Å². The second-order valence-electron chi connectivity index (χ2n) is 4.92. The van der Waals surface area contributed by atoms with Crippen LogP contribution in [0.1, 0.15) is 11.7 Å². The van der Waals surface area contributed by atoms with E-state index in [-0.39, 0.29) is 5.91 Å². The van der Waals surface area contributed by atoms with Gasteiger partial charge in [-0.25, -0.2) is 4.98 Å². The van der Waals surface area contributed by atoms with Crippen molar-refractivity contribution < 1.29 is 9.53 Å². The summed E-state index contributed by atoms with van der Waals surface area (Å²) in [6.07, 6.45) is -0.653. The molecule has 0 aliphatic carbocycles. The molecule has 1 N–H and O–H groups in total. The number of nitrogens with zero attached hydrogens (tertiary/aromatic N) is 1. The molecule has 1 heterocycles. The van der Waals surface area contributed by atoms with Gasteiger partial charge in [-0.15, -0.1) is 11.3 Å². The Morgan fingerprint density at radius 3 is 2.39 bits per heavy atom. The van der Waals surface area contributed by atoms with Gasteiger partial charge in [0.1, 0.15) is 0 Å². The van der Waals surface area contributed by atoms with Crippen molar-refractivity contribution in [2.75, 3.05) is 12.4 Å². The van der Waals surface area contributed by atoms with E-state index < -0.39 is 6.10 Å². The standard InChI is InChI=1S/C18H16N2O2S/c1-22-16(14-10-6-3-7-11-14)17(21)20-18-19-15(12-23-18)13-8-4-2-5-9-13/h2-12,16H,1H3,(H,19,20,21). The van der Waals surface area contributed by atoms with Gasteiger partial charge in [0.15, 0.2) is 11.2 Å². The zero-order chi connectivity index (χ0) is 16.1. The maximum absolute atomic E-state index is 12.4. The van der Waals surface area contributed by atoms with Crippen LogP contribution in [-0.2, 0) is 9.53 Å². The van der Waals surface area contributed by atoms with Gasteiger partial charge in [-0.2, -0.15) is 0 Å². The first-order valence-electron chi connectivity index (χ1n) is 7.17. The van der Waals surface area contributed by atoms with E-state index in [4.69, 9.17) is 4.74 Å². The molecule has 5 heteroatoms. The van der Waals surface area contributed by atoms with Gasteiger partial charge in [0.05, 0.1) is 5.69 Å². The molecule has 1 aromatic heterocycles. The van der Waals surface area contributed by atoms with E-state index in [1.54, 1.807) is 0 Å². The number of nitrogens with one attached hydrogen (secondary N) is 1. The van der Waals surface area contributed by atoms with Crippen molar-refractivity contribution in [1.82, 2.24) is 4.98 Å². The summed E-state index contributed by atoms with van der Waals surface area (Å²) in [6, 6.07) is 19.3. The van der Waals surface area contributed by atoms with Gasteiger partial charge in [0.25, 0.3) is 5.91 Å². The van der Waals surface area contributed by atoms with Crippen LogP contribution < -0.4 is 5.32 Å². The van der Waals surface area contributed by atoms with Crippen LogP contribution in [0.4, 0.5) is 5.13 Å². The van der Waals surface area contributed by atoms with Crippen molar-refractivity contribution in [2.24, 2.45) is 0 Å². The molecule has 0 fully saturated rings. The molecule has 3 rings (SSSR count). The fourth-order valence-electron chi connectivity index (χ4n) is 2.27. The van der Waals surface area contributed by atoms with E-state index in [0.29, 0.717) is 5.13 Å². The minimum absolute atomic E-state index is 0.229. The molecule has 23 heavy (non-hydrogen) atoms. The van der Waals surface area contributed by atoms with Crippen molar-refractivity contribution in [1.29, 1.82) is 0 Å². The predicted octanol–water partition coefficient (Wildman–Crippen LogP) is 4.14. The van der Waals surface area contributed by atoms with Crippen LogP contribution in [-0.4, -0.2) is 18.0 Å². The lowest BCUT2D eigenvalue weighted by molar-refractivity contribution is -0.126. The number of ether oxygens (including phenoxy) is 1. The number of rotatable bonds is 5. The van der Waals surface area contributed by atoms with Crippen LogP contribution in [0.25, 0.3) is 11.3 Å². The number of hydrogen-bond donors (Lipinski definition) is 1. The Kier molecular flexibility index (Phi) is 4.80. The molecule has 0 saturated carbocycles. The Balaban J connectivity index is 1.74. The van der Waals surface area contributed by atoms with Gasteiger partial charge in [-0.1, -0.05) is 60.7 Å². The minimum atomic E-state index is -0.653. The fraction of sp³-hybridized carbons (Fsp3) is 0.111. The number of carbonyl (C=O) groups excluding carboxylic acids is 1. The lowest BCUT2D eigenvalue weighted by Crippen LogP contribution is -2.22. The van der Waals surface area contributed by atoms with Crippen LogP contribution in [0.5, 0.6) is 0 Å². The van der Waals surface area contributed by atoms with Crippen molar-refractivity contribution in [3.63, 3.8) is 0 Å². The number of aromatic nitrogens is 1. The fourth-order valence-corrected chi connectivity index (χ4v) is 2.99. The second kappa shape index (κ2) is 7.17. The number of hydrogen-bond acceptors (Lipinski definition) is 4. The Morgan fingerprint density at radius 1 is 1.09 bits per heavy atom. The summed E-state index contributed by atoms with van der Waals surface area (Å²) >= 11 is 1.40. The summed E-state index contributed by atoms with van der Waals surface area (Å²) in [7, 11) is 1.52. The lowest BCUT2D eigenvalue weighted by Gasteiger charge is -2.14. The van der Waals surface area contributed by atoms with Crippen molar-refractivity contribution in [3.8, 4) is 11.3 Å². The third kappa shape index (κ3) is 3.64. The zero-order valence-electron chi connectivity index (χ0n) is 12.6.